The van der Waals surface area contributed by atoms with Crippen LogP contribution in [0.2, 0.25) is 0 Å². The molecule has 0 spiro atoms. The molecule has 1 saturated carbocycles. The summed E-state index contributed by atoms with van der Waals surface area (Å²) in [7, 11) is -4.13. The highest BCUT2D eigenvalue weighted by Gasteiger charge is 2.36. The van der Waals surface area contributed by atoms with Gasteiger partial charge in [0.15, 0.2) is 4.90 Å². The predicted octanol–water partition coefficient (Wildman–Crippen LogP) is 2.45. The second-order valence-corrected chi connectivity index (χ2v) is 7.17. The van der Waals surface area contributed by atoms with Gasteiger partial charge in [-0.1, -0.05) is 19.9 Å². The van der Waals surface area contributed by atoms with Crippen molar-refractivity contribution in [2.75, 3.05) is 0 Å². The summed E-state index contributed by atoms with van der Waals surface area (Å²) in [6.45, 7) is 3.97. The monoisotopic (exact) mass is 316 g/mol. The molecule has 0 aliphatic heterocycles. The van der Waals surface area contributed by atoms with Crippen LogP contribution in [0.25, 0.3) is 0 Å². The molecule has 1 fully saturated rings. The predicted molar refractivity (Wildman–Crippen MR) is 74.7 cm³/mol. The minimum Gasteiger partial charge on any atom is -0.258 e. The van der Waals surface area contributed by atoms with Crippen LogP contribution in [-0.4, -0.2) is 19.4 Å². The third kappa shape index (κ3) is 3.06. The zero-order chi connectivity index (χ0) is 15.8. The molecular formula is C13H17FN2O4S. The van der Waals surface area contributed by atoms with Gasteiger partial charge >= 0.3 is 5.69 Å². The summed E-state index contributed by atoms with van der Waals surface area (Å²) in [5.41, 5.74) is -1.01. The summed E-state index contributed by atoms with van der Waals surface area (Å²) in [5, 5.41) is 10.9. The minimum atomic E-state index is -4.13. The van der Waals surface area contributed by atoms with E-state index < -0.39 is 31.3 Å². The molecule has 0 bridgehead atoms. The Kier molecular flexibility index (Phi) is 4.29. The number of nitro benzene ring substituents is 1. The second kappa shape index (κ2) is 5.69. The van der Waals surface area contributed by atoms with Crippen LogP contribution in [0.3, 0.4) is 0 Å². The van der Waals surface area contributed by atoms with Gasteiger partial charge in [-0.3, -0.25) is 10.1 Å². The lowest BCUT2D eigenvalue weighted by atomic mass is 9.98. The van der Waals surface area contributed by atoms with Crippen molar-refractivity contribution >= 4 is 15.7 Å². The largest absolute Gasteiger partial charge is 0.324 e. The van der Waals surface area contributed by atoms with Gasteiger partial charge in [-0.25, -0.2) is 13.1 Å². The average molecular weight is 316 g/mol. The van der Waals surface area contributed by atoms with Gasteiger partial charge in [-0.2, -0.15) is 4.39 Å². The standard InChI is InChI=1S/C13H17FN2O4S/c1-8-6-7-11(9(8)2)15-21(19,20)12-5-3-4-10(14)13(12)16(17)18/h3-5,8-9,11,15H,6-7H2,1-2H3. The van der Waals surface area contributed by atoms with Crippen molar-refractivity contribution in [3.63, 3.8) is 0 Å². The van der Waals surface area contributed by atoms with E-state index in [1.54, 1.807) is 0 Å². The van der Waals surface area contributed by atoms with Crippen molar-refractivity contribution in [2.45, 2.75) is 37.6 Å². The highest BCUT2D eigenvalue weighted by molar-refractivity contribution is 7.89. The maximum atomic E-state index is 13.5. The number of rotatable bonds is 4. The molecule has 3 unspecified atom stereocenters. The van der Waals surface area contributed by atoms with Crippen molar-refractivity contribution in [3.8, 4) is 0 Å². The van der Waals surface area contributed by atoms with Crippen molar-refractivity contribution in [1.29, 1.82) is 0 Å². The molecule has 3 atom stereocenters. The van der Waals surface area contributed by atoms with Gasteiger partial charge in [-0.15, -0.1) is 0 Å². The summed E-state index contributed by atoms with van der Waals surface area (Å²) in [4.78, 5) is 9.28. The van der Waals surface area contributed by atoms with Crippen molar-refractivity contribution in [3.05, 3.63) is 34.1 Å². The van der Waals surface area contributed by atoms with Crippen LogP contribution >= 0.6 is 0 Å². The first kappa shape index (κ1) is 15.8. The molecule has 8 heteroatoms. The highest BCUT2D eigenvalue weighted by atomic mass is 32.2. The highest BCUT2D eigenvalue weighted by Crippen LogP contribution is 2.33. The van der Waals surface area contributed by atoms with Crippen LogP contribution in [0, 0.1) is 27.8 Å². The number of benzene rings is 1. The van der Waals surface area contributed by atoms with E-state index in [1.165, 1.54) is 0 Å². The first-order chi connectivity index (χ1) is 9.74. The molecule has 6 nitrogen and oxygen atoms in total. The Morgan fingerprint density at radius 1 is 1.33 bits per heavy atom. The van der Waals surface area contributed by atoms with Gasteiger partial charge in [0.25, 0.3) is 0 Å². The molecule has 0 saturated heterocycles. The molecule has 0 aromatic heterocycles. The molecule has 1 aromatic rings. The van der Waals surface area contributed by atoms with E-state index in [9.17, 15) is 22.9 Å². The molecule has 116 valence electrons. The summed E-state index contributed by atoms with van der Waals surface area (Å²) in [6, 6.07) is 2.79. The number of para-hydroxylation sites is 1. The van der Waals surface area contributed by atoms with E-state index in [4.69, 9.17) is 0 Å². The van der Waals surface area contributed by atoms with E-state index >= 15 is 0 Å². The fraction of sp³-hybridized carbons (Fsp3) is 0.538. The van der Waals surface area contributed by atoms with Gasteiger partial charge in [0.1, 0.15) is 0 Å². The van der Waals surface area contributed by atoms with Gasteiger partial charge in [-0.05, 0) is 36.8 Å². The maximum absolute atomic E-state index is 13.5. The smallest absolute Gasteiger partial charge is 0.258 e. The molecule has 1 aliphatic rings. The summed E-state index contributed by atoms with van der Waals surface area (Å²) < 4.78 is 40.7. The quantitative estimate of drug-likeness (QED) is 0.682. The van der Waals surface area contributed by atoms with E-state index in [0.717, 1.165) is 24.6 Å². The van der Waals surface area contributed by atoms with E-state index in [0.29, 0.717) is 12.3 Å². The molecule has 0 radical (unpaired) electrons. The van der Waals surface area contributed by atoms with Gasteiger partial charge in [0.05, 0.1) is 4.92 Å². The Morgan fingerprint density at radius 3 is 2.52 bits per heavy atom. The fourth-order valence-corrected chi connectivity index (χ4v) is 4.23. The van der Waals surface area contributed by atoms with E-state index in [1.807, 2.05) is 13.8 Å². The van der Waals surface area contributed by atoms with Gasteiger partial charge < -0.3 is 0 Å². The number of sulfonamides is 1. The van der Waals surface area contributed by atoms with Crippen LogP contribution in [0.4, 0.5) is 10.1 Å². The van der Waals surface area contributed by atoms with E-state index in [-0.39, 0.29) is 12.0 Å². The Morgan fingerprint density at radius 2 is 2.00 bits per heavy atom. The SMILES string of the molecule is CC1CCC(NS(=O)(=O)c2cccc(F)c2[N+](=O)[O-])C1C. The zero-order valence-electron chi connectivity index (χ0n) is 11.7. The number of nitrogens with one attached hydrogen (secondary N) is 1. The number of hydrogen-bond acceptors (Lipinski definition) is 4. The molecule has 1 N–H and O–H groups in total. The van der Waals surface area contributed by atoms with Crippen molar-refractivity contribution in [1.82, 2.24) is 4.72 Å². The first-order valence-corrected chi connectivity index (χ1v) is 8.17. The molecule has 2 rings (SSSR count). The molecule has 1 aliphatic carbocycles. The van der Waals surface area contributed by atoms with Crippen LogP contribution in [0.15, 0.2) is 23.1 Å². The first-order valence-electron chi connectivity index (χ1n) is 6.69. The summed E-state index contributed by atoms with van der Waals surface area (Å²) in [6.07, 6.45) is 1.56. The third-order valence-electron chi connectivity index (χ3n) is 4.19. The Balaban J connectivity index is 2.37. The summed E-state index contributed by atoms with van der Waals surface area (Å²) in [5.74, 6) is -0.650. The van der Waals surface area contributed by atoms with Gasteiger partial charge in [0.2, 0.25) is 15.8 Å². The molecule has 21 heavy (non-hydrogen) atoms. The molecular weight excluding hydrogens is 299 g/mol. The van der Waals surface area contributed by atoms with Gasteiger partial charge in [0, 0.05) is 6.04 Å². The zero-order valence-corrected chi connectivity index (χ0v) is 12.6. The summed E-state index contributed by atoms with van der Waals surface area (Å²) >= 11 is 0. The lowest BCUT2D eigenvalue weighted by Gasteiger charge is -2.19. The van der Waals surface area contributed by atoms with Crippen molar-refractivity contribution < 1.29 is 17.7 Å². The fourth-order valence-electron chi connectivity index (χ4n) is 2.68. The molecule has 0 heterocycles. The lowest BCUT2D eigenvalue weighted by Crippen LogP contribution is -2.37. The average Bonchev–Trinajstić information content (AvgIpc) is 2.69. The Hall–Kier alpha value is -1.54. The van der Waals surface area contributed by atoms with Crippen LogP contribution < -0.4 is 4.72 Å². The maximum Gasteiger partial charge on any atom is 0.324 e. The van der Waals surface area contributed by atoms with E-state index in [2.05, 4.69) is 4.72 Å². The Labute approximate surface area is 122 Å². The Bertz CT molecular complexity index is 662. The number of hydrogen-bond donors (Lipinski definition) is 1. The van der Waals surface area contributed by atoms with Crippen LogP contribution in [-0.2, 0) is 10.0 Å². The van der Waals surface area contributed by atoms with Crippen molar-refractivity contribution in [2.24, 2.45) is 11.8 Å². The molecule has 0 amide bonds. The minimum absolute atomic E-state index is 0.132. The normalized spacial score (nSPS) is 26.0. The van der Waals surface area contributed by atoms with Crippen LogP contribution in [0.1, 0.15) is 26.7 Å². The third-order valence-corrected chi connectivity index (χ3v) is 5.72. The van der Waals surface area contributed by atoms with Crippen LogP contribution in [0.5, 0.6) is 0 Å². The second-order valence-electron chi connectivity index (χ2n) is 5.49. The lowest BCUT2D eigenvalue weighted by molar-refractivity contribution is -0.390. The number of nitrogens with zero attached hydrogens (tertiary/aromatic N) is 1. The number of nitro groups is 1. The molecule has 1 aromatic carbocycles. The topological polar surface area (TPSA) is 89.3 Å². The number of halogens is 1.